The molecule has 0 amide bonds. The minimum atomic E-state index is 0.228. The van der Waals surface area contributed by atoms with Crippen LogP contribution in [0.15, 0.2) is 18.2 Å². The van der Waals surface area contributed by atoms with Crippen molar-refractivity contribution in [3.63, 3.8) is 0 Å². The fourth-order valence-corrected chi connectivity index (χ4v) is 1.82. The minimum absolute atomic E-state index is 0.228. The normalized spacial score (nSPS) is 14.6. The second kappa shape index (κ2) is 5.90. The van der Waals surface area contributed by atoms with Crippen LogP contribution in [0.5, 0.6) is 0 Å². The molecule has 0 heterocycles. The molecule has 0 aliphatic rings. The fraction of sp³-hybridized carbons (Fsp3) is 0.571. The summed E-state index contributed by atoms with van der Waals surface area (Å²) in [5, 5.41) is 3.42. The molecule has 90 valence electrons. The molecule has 0 saturated heterocycles. The topological polar surface area (TPSA) is 38.0 Å². The van der Waals surface area contributed by atoms with Crippen LogP contribution in [-0.4, -0.2) is 12.6 Å². The molecule has 0 aromatic heterocycles. The number of nitrogens with one attached hydrogen (secondary N) is 1. The Balaban J connectivity index is 2.54. The van der Waals surface area contributed by atoms with E-state index in [4.69, 9.17) is 5.73 Å². The van der Waals surface area contributed by atoms with Crippen molar-refractivity contribution in [2.24, 2.45) is 11.7 Å². The van der Waals surface area contributed by atoms with Crippen molar-refractivity contribution in [1.29, 1.82) is 0 Å². The summed E-state index contributed by atoms with van der Waals surface area (Å²) in [6.45, 7) is 9.46. The van der Waals surface area contributed by atoms with Crippen LogP contribution in [0.2, 0.25) is 0 Å². The minimum Gasteiger partial charge on any atom is -0.383 e. The smallest absolute Gasteiger partial charge is 0.0346 e. The summed E-state index contributed by atoms with van der Waals surface area (Å²) in [5.74, 6) is 0.568. The average molecular weight is 220 g/mol. The highest BCUT2D eigenvalue weighted by atomic mass is 14.9. The monoisotopic (exact) mass is 220 g/mol. The van der Waals surface area contributed by atoms with E-state index >= 15 is 0 Å². The first-order valence-corrected chi connectivity index (χ1v) is 6.10. The molecule has 0 aliphatic carbocycles. The van der Waals surface area contributed by atoms with Gasteiger partial charge < -0.3 is 11.1 Å². The molecule has 2 unspecified atom stereocenters. The van der Waals surface area contributed by atoms with Crippen molar-refractivity contribution >= 4 is 5.69 Å². The third-order valence-electron chi connectivity index (χ3n) is 3.14. The van der Waals surface area contributed by atoms with Crippen LogP contribution < -0.4 is 11.1 Å². The van der Waals surface area contributed by atoms with Gasteiger partial charge in [-0.15, -0.1) is 0 Å². The van der Waals surface area contributed by atoms with Crippen LogP contribution in [-0.2, 0) is 0 Å². The zero-order valence-electron chi connectivity index (χ0n) is 10.9. The van der Waals surface area contributed by atoms with Gasteiger partial charge in [0, 0.05) is 18.3 Å². The first kappa shape index (κ1) is 13.0. The van der Waals surface area contributed by atoms with Gasteiger partial charge in [0.05, 0.1) is 0 Å². The molecular weight excluding hydrogens is 196 g/mol. The van der Waals surface area contributed by atoms with E-state index in [2.05, 4.69) is 51.2 Å². The van der Waals surface area contributed by atoms with E-state index in [0.29, 0.717) is 5.92 Å². The molecule has 0 fully saturated rings. The third-order valence-corrected chi connectivity index (χ3v) is 3.14. The van der Waals surface area contributed by atoms with Gasteiger partial charge in [-0.3, -0.25) is 0 Å². The van der Waals surface area contributed by atoms with Gasteiger partial charge in [0.25, 0.3) is 0 Å². The Kier molecular flexibility index (Phi) is 4.81. The predicted octanol–water partition coefficient (Wildman–Crippen LogP) is 3.09. The van der Waals surface area contributed by atoms with E-state index in [0.717, 1.165) is 13.0 Å². The maximum Gasteiger partial charge on any atom is 0.0346 e. The Morgan fingerprint density at radius 2 is 1.75 bits per heavy atom. The van der Waals surface area contributed by atoms with Crippen molar-refractivity contribution in [1.82, 2.24) is 0 Å². The molecule has 2 nitrogen and oxygen atoms in total. The summed E-state index contributed by atoms with van der Waals surface area (Å²) in [6.07, 6.45) is 1.13. The lowest BCUT2D eigenvalue weighted by atomic mass is 10.00. The first-order chi connectivity index (χ1) is 7.52. The van der Waals surface area contributed by atoms with Gasteiger partial charge >= 0.3 is 0 Å². The summed E-state index contributed by atoms with van der Waals surface area (Å²) in [4.78, 5) is 0. The highest BCUT2D eigenvalue weighted by Crippen LogP contribution is 2.14. The largest absolute Gasteiger partial charge is 0.383 e. The maximum atomic E-state index is 6.09. The highest BCUT2D eigenvalue weighted by molar-refractivity contribution is 5.48. The Bertz CT molecular complexity index is 313. The molecule has 2 atom stereocenters. The van der Waals surface area contributed by atoms with Crippen molar-refractivity contribution in [2.45, 2.75) is 40.2 Å². The Labute approximate surface area is 99.2 Å². The van der Waals surface area contributed by atoms with Crippen LogP contribution >= 0.6 is 0 Å². The molecule has 1 aromatic carbocycles. The van der Waals surface area contributed by atoms with Gasteiger partial charge in [-0.1, -0.05) is 26.3 Å². The number of rotatable bonds is 5. The molecule has 0 spiro atoms. The van der Waals surface area contributed by atoms with Crippen molar-refractivity contribution in [3.05, 3.63) is 29.3 Å². The second-order valence-corrected chi connectivity index (χ2v) is 4.81. The highest BCUT2D eigenvalue weighted by Gasteiger charge is 2.09. The quantitative estimate of drug-likeness (QED) is 0.800. The molecule has 16 heavy (non-hydrogen) atoms. The third kappa shape index (κ3) is 3.86. The van der Waals surface area contributed by atoms with Crippen LogP contribution in [0.4, 0.5) is 5.69 Å². The lowest BCUT2D eigenvalue weighted by Gasteiger charge is -2.19. The molecule has 1 aromatic rings. The number of aryl methyl sites for hydroxylation is 2. The first-order valence-electron chi connectivity index (χ1n) is 6.10. The lowest BCUT2D eigenvalue weighted by molar-refractivity contribution is 0.457. The van der Waals surface area contributed by atoms with Crippen LogP contribution in [0, 0.1) is 19.8 Å². The zero-order chi connectivity index (χ0) is 12.1. The summed E-state index contributed by atoms with van der Waals surface area (Å²) in [6, 6.07) is 6.73. The average Bonchev–Trinajstić information content (AvgIpc) is 2.23. The molecule has 0 aliphatic heterocycles. The van der Waals surface area contributed by atoms with Gasteiger partial charge in [0.2, 0.25) is 0 Å². The van der Waals surface area contributed by atoms with Crippen molar-refractivity contribution < 1.29 is 0 Å². The molecule has 0 bridgehead atoms. The van der Waals surface area contributed by atoms with E-state index < -0.39 is 0 Å². The van der Waals surface area contributed by atoms with Gasteiger partial charge in [-0.25, -0.2) is 0 Å². The van der Waals surface area contributed by atoms with Crippen LogP contribution in [0.3, 0.4) is 0 Å². The predicted molar refractivity (Wildman–Crippen MR) is 71.8 cm³/mol. The molecule has 1 rings (SSSR count). The van der Waals surface area contributed by atoms with Gasteiger partial charge in [-0.2, -0.15) is 0 Å². The van der Waals surface area contributed by atoms with Gasteiger partial charge in [0.15, 0.2) is 0 Å². The van der Waals surface area contributed by atoms with E-state index in [1.165, 1.54) is 16.8 Å². The SMILES string of the molecule is CCC(C)C(N)CNc1cc(C)cc(C)c1. The maximum absolute atomic E-state index is 6.09. The van der Waals surface area contributed by atoms with Gasteiger partial charge in [-0.05, 0) is 43.0 Å². The van der Waals surface area contributed by atoms with E-state index in [1.54, 1.807) is 0 Å². The lowest BCUT2D eigenvalue weighted by Crippen LogP contribution is -2.35. The van der Waals surface area contributed by atoms with Crippen LogP contribution in [0.1, 0.15) is 31.4 Å². The molecule has 3 N–H and O–H groups in total. The number of nitrogens with two attached hydrogens (primary N) is 1. The molecular formula is C14H24N2. The second-order valence-electron chi connectivity index (χ2n) is 4.81. The number of hydrogen-bond donors (Lipinski definition) is 2. The van der Waals surface area contributed by atoms with Crippen molar-refractivity contribution in [3.8, 4) is 0 Å². The summed E-state index contributed by atoms with van der Waals surface area (Å²) in [7, 11) is 0. The standard InChI is InChI=1S/C14H24N2/c1-5-12(4)14(15)9-16-13-7-10(2)6-11(3)8-13/h6-8,12,14,16H,5,9,15H2,1-4H3. The fourth-order valence-electron chi connectivity index (χ4n) is 1.82. The van der Waals surface area contributed by atoms with E-state index in [9.17, 15) is 0 Å². The van der Waals surface area contributed by atoms with Gasteiger partial charge in [0.1, 0.15) is 0 Å². The Morgan fingerprint density at radius 3 is 2.25 bits per heavy atom. The van der Waals surface area contributed by atoms with Crippen LogP contribution in [0.25, 0.3) is 0 Å². The summed E-state index contributed by atoms with van der Waals surface area (Å²) < 4.78 is 0. The molecule has 0 radical (unpaired) electrons. The number of anilines is 1. The molecule has 2 heteroatoms. The summed E-state index contributed by atoms with van der Waals surface area (Å²) in [5.41, 5.74) is 9.85. The summed E-state index contributed by atoms with van der Waals surface area (Å²) >= 11 is 0. The van der Waals surface area contributed by atoms with E-state index in [-0.39, 0.29) is 6.04 Å². The van der Waals surface area contributed by atoms with E-state index in [1.807, 2.05) is 0 Å². The Hall–Kier alpha value is -1.02. The number of benzene rings is 1. The van der Waals surface area contributed by atoms with Crippen molar-refractivity contribution in [2.75, 3.05) is 11.9 Å². The number of hydrogen-bond acceptors (Lipinski definition) is 2. The molecule has 0 saturated carbocycles. The zero-order valence-corrected chi connectivity index (χ0v) is 10.9. The Morgan fingerprint density at radius 1 is 1.19 bits per heavy atom.